The van der Waals surface area contributed by atoms with Crippen LogP contribution in [0.1, 0.15) is 18.4 Å². The summed E-state index contributed by atoms with van der Waals surface area (Å²) in [7, 11) is 0. The van der Waals surface area contributed by atoms with Crippen LogP contribution in [0.5, 0.6) is 5.75 Å². The van der Waals surface area contributed by atoms with Crippen molar-refractivity contribution >= 4 is 6.09 Å². The molecule has 0 N–H and O–H groups in total. The molecule has 3 nitrogen and oxygen atoms in total. The van der Waals surface area contributed by atoms with Crippen LogP contribution in [-0.2, 0) is 0 Å². The van der Waals surface area contributed by atoms with Crippen LogP contribution in [0.25, 0.3) is 0 Å². The Bertz CT molecular complexity index is 356. The first kappa shape index (κ1) is 10.0. The molecule has 1 radical (unpaired) electrons. The van der Waals surface area contributed by atoms with Crippen LogP contribution in [0, 0.1) is 6.92 Å². The average Bonchev–Trinajstić information content (AvgIpc) is 2.70. The highest BCUT2D eigenvalue weighted by molar-refractivity contribution is 5.71. The number of hydrogen-bond donors (Lipinski definition) is 0. The molecular weight excluding hydrogens is 190 g/mol. The fourth-order valence-corrected chi connectivity index (χ4v) is 1.67. The molecule has 79 valence electrons. The average molecular weight is 204 g/mol. The van der Waals surface area contributed by atoms with Crippen LogP contribution >= 0.6 is 0 Å². The minimum atomic E-state index is -0.252. The molecule has 0 bridgehead atoms. The van der Waals surface area contributed by atoms with Gasteiger partial charge >= 0.3 is 6.09 Å². The Morgan fingerprint density at radius 2 is 2.07 bits per heavy atom. The lowest BCUT2D eigenvalue weighted by Crippen LogP contribution is -2.30. The second-order valence-corrected chi connectivity index (χ2v) is 3.71. The Morgan fingerprint density at radius 1 is 1.33 bits per heavy atom. The number of carbonyl (C=O) groups is 1. The van der Waals surface area contributed by atoms with E-state index in [0.717, 1.165) is 31.5 Å². The number of rotatable bonds is 1. The molecule has 1 aromatic carbocycles. The van der Waals surface area contributed by atoms with Gasteiger partial charge in [-0.3, -0.25) is 0 Å². The van der Waals surface area contributed by atoms with E-state index in [1.807, 2.05) is 12.1 Å². The first-order valence-electron chi connectivity index (χ1n) is 5.14. The molecule has 1 aliphatic rings. The van der Waals surface area contributed by atoms with E-state index in [0.29, 0.717) is 5.75 Å². The molecule has 0 aliphatic carbocycles. The third-order valence-corrected chi connectivity index (χ3v) is 2.47. The summed E-state index contributed by atoms with van der Waals surface area (Å²) in [5, 5.41) is 0. The summed E-state index contributed by atoms with van der Waals surface area (Å²) in [6.07, 6.45) is 1.90. The molecule has 0 saturated carbocycles. The van der Waals surface area contributed by atoms with Gasteiger partial charge in [0, 0.05) is 13.1 Å². The summed E-state index contributed by atoms with van der Waals surface area (Å²) < 4.78 is 5.23. The molecule has 0 spiro atoms. The number of likely N-dealkylation sites (tertiary alicyclic amines) is 1. The van der Waals surface area contributed by atoms with Gasteiger partial charge in [-0.1, -0.05) is 12.1 Å². The fraction of sp³-hybridized carbons (Fsp3) is 0.333. The number of nitrogens with zero attached hydrogens (tertiary/aromatic N) is 1. The molecule has 1 aromatic rings. The predicted molar refractivity (Wildman–Crippen MR) is 57.7 cm³/mol. The largest absolute Gasteiger partial charge is 0.415 e. The Balaban J connectivity index is 1.99. The molecular formula is C12H14NO2. The zero-order chi connectivity index (χ0) is 10.7. The second kappa shape index (κ2) is 4.34. The van der Waals surface area contributed by atoms with Gasteiger partial charge in [0.15, 0.2) is 0 Å². The molecule has 15 heavy (non-hydrogen) atoms. The van der Waals surface area contributed by atoms with E-state index in [2.05, 4.69) is 6.92 Å². The highest BCUT2D eigenvalue weighted by Crippen LogP contribution is 2.15. The van der Waals surface area contributed by atoms with Crippen LogP contribution in [0.2, 0.25) is 0 Å². The van der Waals surface area contributed by atoms with Gasteiger partial charge < -0.3 is 9.64 Å². The third kappa shape index (κ3) is 2.49. The topological polar surface area (TPSA) is 29.5 Å². The van der Waals surface area contributed by atoms with E-state index in [4.69, 9.17) is 4.74 Å². The fourth-order valence-electron chi connectivity index (χ4n) is 1.67. The summed E-state index contributed by atoms with van der Waals surface area (Å²) >= 11 is 0. The Labute approximate surface area is 89.7 Å². The standard InChI is InChI=1S/C12H14NO2/c1-10-5-4-6-11(9-10)15-12(14)13-7-2-3-8-13/h4-6,9H,1-3,7-8H2. The Kier molecular flexibility index (Phi) is 2.90. The summed E-state index contributed by atoms with van der Waals surface area (Å²) in [6, 6.07) is 7.22. The number of ether oxygens (including phenoxy) is 1. The van der Waals surface area contributed by atoms with E-state index >= 15 is 0 Å². The second-order valence-electron chi connectivity index (χ2n) is 3.71. The van der Waals surface area contributed by atoms with E-state index in [9.17, 15) is 4.79 Å². The van der Waals surface area contributed by atoms with Crippen LogP contribution in [0.3, 0.4) is 0 Å². The van der Waals surface area contributed by atoms with Gasteiger partial charge in [0.05, 0.1) is 0 Å². The van der Waals surface area contributed by atoms with Gasteiger partial charge in [0.2, 0.25) is 0 Å². The maximum atomic E-state index is 11.6. The highest BCUT2D eigenvalue weighted by Gasteiger charge is 2.19. The minimum Gasteiger partial charge on any atom is -0.410 e. The summed E-state index contributed by atoms with van der Waals surface area (Å²) in [5.74, 6) is 0.569. The highest BCUT2D eigenvalue weighted by atomic mass is 16.6. The van der Waals surface area contributed by atoms with Crippen LogP contribution in [-0.4, -0.2) is 24.1 Å². The smallest absolute Gasteiger partial charge is 0.410 e. The molecule has 1 aliphatic heterocycles. The normalized spacial score (nSPS) is 15.4. The number of carbonyl (C=O) groups excluding carboxylic acids is 1. The van der Waals surface area contributed by atoms with Gasteiger partial charge in [0.1, 0.15) is 5.75 Å². The van der Waals surface area contributed by atoms with E-state index in [1.165, 1.54) is 0 Å². The molecule has 1 fully saturated rings. The van der Waals surface area contributed by atoms with Gasteiger partial charge in [-0.15, -0.1) is 0 Å². The van der Waals surface area contributed by atoms with Crippen molar-refractivity contribution in [1.29, 1.82) is 0 Å². The molecule has 1 saturated heterocycles. The minimum absolute atomic E-state index is 0.252. The predicted octanol–water partition coefficient (Wildman–Crippen LogP) is 2.46. The van der Waals surface area contributed by atoms with Crippen molar-refractivity contribution in [3.8, 4) is 5.75 Å². The zero-order valence-electron chi connectivity index (χ0n) is 8.61. The van der Waals surface area contributed by atoms with Crippen LogP contribution in [0.15, 0.2) is 24.3 Å². The van der Waals surface area contributed by atoms with Crippen molar-refractivity contribution in [3.05, 3.63) is 36.8 Å². The quantitative estimate of drug-likeness (QED) is 0.703. The van der Waals surface area contributed by atoms with Gasteiger partial charge in [-0.05, 0) is 37.5 Å². The Morgan fingerprint density at radius 3 is 2.73 bits per heavy atom. The lowest BCUT2D eigenvalue weighted by molar-refractivity contribution is 0.163. The van der Waals surface area contributed by atoms with E-state index < -0.39 is 0 Å². The summed E-state index contributed by atoms with van der Waals surface area (Å²) in [5.41, 5.74) is 0.849. The van der Waals surface area contributed by atoms with Gasteiger partial charge in [-0.25, -0.2) is 4.79 Å². The molecule has 0 atom stereocenters. The van der Waals surface area contributed by atoms with E-state index in [1.54, 1.807) is 17.0 Å². The molecule has 0 aromatic heterocycles. The first-order chi connectivity index (χ1) is 7.25. The van der Waals surface area contributed by atoms with Crippen molar-refractivity contribution in [2.45, 2.75) is 12.8 Å². The van der Waals surface area contributed by atoms with Crippen molar-refractivity contribution in [2.75, 3.05) is 13.1 Å². The molecule has 3 heteroatoms. The lowest BCUT2D eigenvalue weighted by atomic mass is 10.2. The maximum absolute atomic E-state index is 11.6. The lowest BCUT2D eigenvalue weighted by Gasteiger charge is -2.14. The number of amides is 1. The molecule has 2 rings (SSSR count). The third-order valence-electron chi connectivity index (χ3n) is 2.47. The molecule has 1 amide bonds. The van der Waals surface area contributed by atoms with E-state index in [-0.39, 0.29) is 6.09 Å². The SMILES string of the molecule is [CH2]c1cccc(OC(=O)N2CCCC2)c1. The zero-order valence-corrected chi connectivity index (χ0v) is 8.61. The monoisotopic (exact) mass is 204 g/mol. The van der Waals surface area contributed by atoms with Crippen molar-refractivity contribution in [2.24, 2.45) is 0 Å². The van der Waals surface area contributed by atoms with Crippen molar-refractivity contribution < 1.29 is 9.53 Å². The molecule has 1 heterocycles. The van der Waals surface area contributed by atoms with Crippen molar-refractivity contribution in [1.82, 2.24) is 4.90 Å². The van der Waals surface area contributed by atoms with Crippen LogP contribution < -0.4 is 4.74 Å². The number of benzene rings is 1. The first-order valence-corrected chi connectivity index (χ1v) is 5.14. The van der Waals surface area contributed by atoms with Gasteiger partial charge in [-0.2, -0.15) is 0 Å². The maximum Gasteiger partial charge on any atom is 0.415 e. The molecule has 0 unspecified atom stereocenters. The summed E-state index contributed by atoms with van der Waals surface area (Å²) in [6.45, 7) is 5.40. The van der Waals surface area contributed by atoms with Crippen LogP contribution in [0.4, 0.5) is 4.79 Å². The van der Waals surface area contributed by atoms with Gasteiger partial charge in [0.25, 0.3) is 0 Å². The Hall–Kier alpha value is -1.51. The summed E-state index contributed by atoms with van der Waals surface area (Å²) in [4.78, 5) is 13.3. The number of hydrogen-bond acceptors (Lipinski definition) is 2. The van der Waals surface area contributed by atoms with Crippen molar-refractivity contribution in [3.63, 3.8) is 0 Å².